The van der Waals surface area contributed by atoms with Crippen molar-refractivity contribution in [2.45, 2.75) is 71.9 Å². The molecule has 1 aliphatic carbocycles. The highest BCUT2D eigenvalue weighted by Gasteiger charge is 2.30. The van der Waals surface area contributed by atoms with Gasteiger partial charge in [0.1, 0.15) is 5.75 Å². The smallest absolute Gasteiger partial charge is 0.196 e. The fraction of sp³-hybridized carbons (Fsp3) is 0.615. The predicted octanol–water partition coefficient (Wildman–Crippen LogP) is 6.39. The van der Waals surface area contributed by atoms with Crippen molar-refractivity contribution in [2.75, 3.05) is 13.1 Å². The van der Waals surface area contributed by atoms with Crippen LogP contribution in [0.2, 0.25) is 0 Å². The van der Waals surface area contributed by atoms with Crippen LogP contribution in [0, 0.1) is 17.3 Å². The number of piperidine rings is 1. The molecule has 168 valence electrons. The molecule has 2 heterocycles. The molecule has 1 aliphatic heterocycles. The van der Waals surface area contributed by atoms with E-state index in [2.05, 4.69) is 56.0 Å². The topological polar surface area (TPSA) is 42.4 Å². The summed E-state index contributed by atoms with van der Waals surface area (Å²) in [7, 11) is 0. The monoisotopic (exact) mass is 534 g/mol. The number of pyridine rings is 1. The summed E-state index contributed by atoms with van der Waals surface area (Å²) in [5.41, 5.74) is 2.49. The SMILES string of the molecule is CC(C)(C)C1CCC(Oc2ccc3nc(CN4CCCC(C(=O)I)C4)ccc3c2)CC1. The predicted molar refractivity (Wildman–Crippen MR) is 135 cm³/mol. The molecular weight excluding hydrogens is 499 g/mol. The summed E-state index contributed by atoms with van der Waals surface area (Å²) >= 11 is 1.95. The van der Waals surface area contributed by atoms with E-state index in [1.807, 2.05) is 22.6 Å². The van der Waals surface area contributed by atoms with Crippen LogP contribution in [0.25, 0.3) is 10.9 Å². The number of benzene rings is 1. The third-order valence-electron chi connectivity index (χ3n) is 7.13. The summed E-state index contributed by atoms with van der Waals surface area (Å²) in [4.78, 5) is 19.0. The Morgan fingerprint density at radius 3 is 2.61 bits per heavy atom. The van der Waals surface area contributed by atoms with Gasteiger partial charge in [-0.3, -0.25) is 14.7 Å². The average molecular weight is 534 g/mol. The lowest BCUT2D eigenvalue weighted by Crippen LogP contribution is -2.37. The zero-order valence-corrected chi connectivity index (χ0v) is 21.2. The maximum Gasteiger partial charge on any atom is 0.196 e. The molecule has 2 fully saturated rings. The van der Waals surface area contributed by atoms with Crippen LogP contribution in [0.1, 0.15) is 65.0 Å². The number of carbonyl (C=O) groups excluding carboxylic acids is 1. The zero-order chi connectivity index (χ0) is 22.0. The van der Waals surface area contributed by atoms with Gasteiger partial charge in [0.25, 0.3) is 0 Å². The van der Waals surface area contributed by atoms with Crippen LogP contribution in [0.4, 0.5) is 0 Å². The maximum absolute atomic E-state index is 11.7. The number of likely N-dealkylation sites (tertiary alicyclic amines) is 1. The van der Waals surface area contributed by atoms with Gasteiger partial charge in [-0.05, 0) is 103 Å². The molecule has 0 radical (unpaired) electrons. The Kier molecular flexibility index (Phi) is 7.21. The first-order valence-electron chi connectivity index (χ1n) is 11.8. The van der Waals surface area contributed by atoms with Gasteiger partial charge in [0.05, 0.1) is 17.3 Å². The van der Waals surface area contributed by atoms with Gasteiger partial charge in [0.2, 0.25) is 0 Å². The largest absolute Gasteiger partial charge is 0.490 e. The molecule has 1 atom stereocenters. The Morgan fingerprint density at radius 1 is 1.13 bits per heavy atom. The second-order valence-electron chi connectivity index (χ2n) is 10.5. The minimum atomic E-state index is 0.174. The van der Waals surface area contributed by atoms with E-state index in [-0.39, 0.29) is 9.71 Å². The number of fused-ring (bicyclic) bond motifs is 1. The Hall–Kier alpha value is -1.21. The minimum absolute atomic E-state index is 0.174. The molecule has 2 aromatic rings. The normalized spacial score (nSPS) is 25.5. The number of halogens is 1. The van der Waals surface area contributed by atoms with Crippen LogP contribution in [0.15, 0.2) is 30.3 Å². The lowest BCUT2D eigenvalue weighted by molar-refractivity contribution is -0.114. The fourth-order valence-corrected chi connectivity index (χ4v) is 5.67. The first kappa shape index (κ1) is 23.0. The molecule has 4 rings (SSSR count). The molecule has 1 aromatic heterocycles. The van der Waals surface area contributed by atoms with Gasteiger partial charge in [-0.25, -0.2) is 0 Å². The molecule has 0 N–H and O–H groups in total. The molecule has 1 unspecified atom stereocenters. The van der Waals surface area contributed by atoms with Crippen molar-refractivity contribution >= 4 is 37.3 Å². The van der Waals surface area contributed by atoms with Gasteiger partial charge in [-0.2, -0.15) is 0 Å². The first-order valence-corrected chi connectivity index (χ1v) is 12.8. The minimum Gasteiger partial charge on any atom is -0.490 e. The summed E-state index contributed by atoms with van der Waals surface area (Å²) in [5, 5.41) is 1.13. The van der Waals surface area contributed by atoms with E-state index in [0.29, 0.717) is 11.5 Å². The number of rotatable bonds is 5. The van der Waals surface area contributed by atoms with E-state index < -0.39 is 0 Å². The molecule has 5 heteroatoms. The van der Waals surface area contributed by atoms with Crippen LogP contribution >= 0.6 is 22.6 Å². The first-order chi connectivity index (χ1) is 14.8. The van der Waals surface area contributed by atoms with Crippen LogP contribution in [0.5, 0.6) is 5.75 Å². The molecule has 4 nitrogen and oxygen atoms in total. The maximum atomic E-state index is 11.7. The van der Waals surface area contributed by atoms with Crippen LogP contribution in [0.3, 0.4) is 0 Å². The number of ether oxygens (including phenoxy) is 1. The van der Waals surface area contributed by atoms with Gasteiger partial charge in [0.15, 0.2) is 3.79 Å². The van der Waals surface area contributed by atoms with Gasteiger partial charge in [-0.1, -0.05) is 26.8 Å². The summed E-state index contributed by atoms with van der Waals surface area (Å²) in [6.07, 6.45) is 7.24. The van der Waals surface area contributed by atoms with E-state index in [9.17, 15) is 4.79 Å². The highest BCUT2D eigenvalue weighted by atomic mass is 127. The Bertz CT molecular complexity index is 915. The summed E-state index contributed by atoms with van der Waals surface area (Å²) in [6, 6.07) is 10.6. The summed E-state index contributed by atoms with van der Waals surface area (Å²) in [6.45, 7) is 9.78. The van der Waals surface area contributed by atoms with Crippen molar-refractivity contribution < 1.29 is 9.53 Å². The zero-order valence-electron chi connectivity index (χ0n) is 19.1. The standard InChI is InChI=1S/C26H35IN2O2/c1-26(2,3)20-7-10-22(11-8-20)31-23-12-13-24-18(15-23)6-9-21(28-24)17-29-14-4-5-19(16-29)25(27)30/h6,9,12-13,15,19-20,22H,4-5,7-8,10-11,14,16-17H2,1-3H3. The van der Waals surface area contributed by atoms with Crippen LogP contribution < -0.4 is 4.74 Å². The number of hydrogen-bond donors (Lipinski definition) is 0. The van der Waals surface area contributed by atoms with E-state index in [4.69, 9.17) is 9.72 Å². The van der Waals surface area contributed by atoms with Crippen molar-refractivity contribution in [3.63, 3.8) is 0 Å². The number of hydrogen-bond acceptors (Lipinski definition) is 4. The van der Waals surface area contributed by atoms with Crippen molar-refractivity contribution in [1.82, 2.24) is 9.88 Å². The highest BCUT2D eigenvalue weighted by Crippen LogP contribution is 2.39. The van der Waals surface area contributed by atoms with Gasteiger partial charge >= 0.3 is 0 Å². The van der Waals surface area contributed by atoms with Crippen LogP contribution in [-0.4, -0.2) is 32.9 Å². The second kappa shape index (κ2) is 9.74. The molecule has 2 aliphatic rings. The number of carbonyl (C=O) groups is 1. The number of aromatic nitrogens is 1. The van der Waals surface area contributed by atoms with Gasteiger partial charge in [0, 0.05) is 24.4 Å². The Morgan fingerprint density at radius 2 is 1.90 bits per heavy atom. The molecule has 0 spiro atoms. The Labute approximate surface area is 200 Å². The third-order valence-corrected chi connectivity index (χ3v) is 8.01. The number of nitrogens with zero attached hydrogens (tertiary/aromatic N) is 2. The second-order valence-corrected chi connectivity index (χ2v) is 11.6. The van der Waals surface area contributed by atoms with E-state index in [1.165, 1.54) is 12.8 Å². The molecule has 1 aromatic carbocycles. The van der Waals surface area contributed by atoms with Gasteiger partial charge in [-0.15, -0.1) is 0 Å². The fourth-order valence-electron chi connectivity index (χ4n) is 5.16. The van der Waals surface area contributed by atoms with E-state index >= 15 is 0 Å². The highest BCUT2D eigenvalue weighted by molar-refractivity contribution is 14.1. The van der Waals surface area contributed by atoms with E-state index in [0.717, 1.165) is 73.6 Å². The Balaban J connectivity index is 1.37. The third kappa shape index (κ3) is 5.98. The van der Waals surface area contributed by atoms with Crippen LogP contribution in [-0.2, 0) is 11.3 Å². The summed E-state index contributed by atoms with van der Waals surface area (Å²) in [5.74, 6) is 1.94. The average Bonchev–Trinajstić information content (AvgIpc) is 2.74. The molecular formula is C26H35IN2O2. The van der Waals surface area contributed by atoms with Crippen molar-refractivity contribution in [1.29, 1.82) is 0 Å². The van der Waals surface area contributed by atoms with Gasteiger partial charge < -0.3 is 4.74 Å². The van der Waals surface area contributed by atoms with E-state index in [1.54, 1.807) is 0 Å². The lowest BCUT2D eigenvalue weighted by Gasteiger charge is -2.36. The molecule has 0 bridgehead atoms. The van der Waals surface area contributed by atoms with Crippen molar-refractivity contribution in [3.8, 4) is 5.75 Å². The summed E-state index contributed by atoms with van der Waals surface area (Å²) < 4.78 is 6.63. The lowest BCUT2D eigenvalue weighted by atomic mass is 9.72. The van der Waals surface area contributed by atoms with Crippen molar-refractivity contribution in [2.24, 2.45) is 17.3 Å². The molecule has 0 amide bonds. The molecule has 1 saturated heterocycles. The molecule has 1 saturated carbocycles. The molecule has 31 heavy (non-hydrogen) atoms. The van der Waals surface area contributed by atoms with Crippen molar-refractivity contribution in [3.05, 3.63) is 36.0 Å². The quantitative estimate of drug-likeness (QED) is 0.329.